The first-order chi connectivity index (χ1) is 4.34. The summed E-state index contributed by atoms with van der Waals surface area (Å²) >= 11 is 0. The number of hydrogen-bond acceptors (Lipinski definition) is 1. The Morgan fingerprint density at radius 2 is 2.00 bits per heavy atom. The number of nitrogens with zero attached hydrogens (tertiary/aromatic N) is 1. The zero-order valence-electron chi connectivity index (χ0n) is 5.41. The summed E-state index contributed by atoms with van der Waals surface area (Å²) in [6, 6.07) is 4.11. The van der Waals surface area contributed by atoms with E-state index < -0.39 is 0 Å². The van der Waals surface area contributed by atoms with E-state index in [4.69, 9.17) is 5.41 Å². The van der Waals surface area contributed by atoms with E-state index in [1.807, 2.05) is 36.0 Å². The molecule has 1 aromatic rings. The molecule has 9 heavy (non-hydrogen) atoms. The Hall–Kier alpha value is -1.05. The van der Waals surface area contributed by atoms with Crippen LogP contribution in [0.4, 0.5) is 0 Å². The average Bonchev–Trinajstić information content (AvgIpc) is 2.37. The minimum absolute atomic E-state index is 0.194. The summed E-state index contributed by atoms with van der Waals surface area (Å²) in [5.74, 6) is 0. The molecule has 1 N–H and O–H groups in total. The first kappa shape index (κ1) is 6.08. The lowest BCUT2D eigenvalue weighted by atomic mass is 10.4. The second-order valence-corrected chi connectivity index (χ2v) is 2.04. The third-order valence-corrected chi connectivity index (χ3v) is 1.34. The summed E-state index contributed by atoms with van der Waals surface area (Å²) in [5, 5.41) is 6.94. The molecule has 0 aliphatic heterocycles. The standard InChI is InChI=1S/C7H10N2/c1-7(6-8)9-4-2-3-5-9/h2-8H,1H3/t7-/m1/s1. The smallest absolute Gasteiger partial charge is 0.0646 e. The van der Waals surface area contributed by atoms with Gasteiger partial charge in [-0.15, -0.1) is 0 Å². The van der Waals surface area contributed by atoms with E-state index in [-0.39, 0.29) is 6.04 Å². The van der Waals surface area contributed by atoms with E-state index in [0.29, 0.717) is 0 Å². The highest BCUT2D eigenvalue weighted by molar-refractivity contribution is 5.58. The largest absolute Gasteiger partial charge is 0.346 e. The predicted octanol–water partition coefficient (Wildman–Crippen LogP) is 1.70. The monoisotopic (exact) mass is 122 g/mol. The molecule has 0 saturated heterocycles. The van der Waals surface area contributed by atoms with Crippen LogP contribution in [0.2, 0.25) is 0 Å². The van der Waals surface area contributed by atoms with Gasteiger partial charge in [-0.2, -0.15) is 0 Å². The maximum absolute atomic E-state index is 6.94. The van der Waals surface area contributed by atoms with E-state index in [1.54, 1.807) is 0 Å². The van der Waals surface area contributed by atoms with Gasteiger partial charge in [0.25, 0.3) is 0 Å². The van der Waals surface area contributed by atoms with E-state index in [1.165, 1.54) is 6.21 Å². The molecule has 0 aromatic carbocycles. The van der Waals surface area contributed by atoms with E-state index in [2.05, 4.69) is 0 Å². The molecule has 0 amide bonds. The fourth-order valence-corrected chi connectivity index (χ4v) is 0.705. The third-order valence-electron chi connectivity index (χ3n) is 1.34. The highest BCUT2D eigenvalue weighted by Crippen LogP contribution is 2.00. The minimum atomic E-state index is 0.194. The summed E-state index contributed by atoms with van der Waals surface area (Å²) in [4.78, 5) is 0. The first-order valence-corrected chi connectivity index (χ1v) is 2.97. The van der Waals surface area contributed by atoms with E-state index in [9.17, 15) is 0 Å². The molecular formula is C7H10N2. The molecule has 0 aliphatic rings. The Morgan fingerprint density at radius 3 is 2.44 bits per heavy atom. The summed E-state index contributed by atoms with van der Waals surface area (Å²) < 4.78 is 1.98. The average molecular weight is 122 g/mol. The quantitative estimate of drug-likeness (QED) is 0.578. The molecule has 0 bridgehead atoms. The van der Waals surface area contributed by atoms with E-state index >= 15 is 0 Å². The van der Waals surface area contributed by atoms with Gasteiger partial charge in [0, 0.05) is 18.6 Å². The lowest BCUT2D eigenvalue weighted by molar-refractivity contribution is 0.710. The van der Waals surface area contributed by atoms with Crippen LogP contribution in [0.15, 0.2) is 24.5 Å². The van der Waals surface area contributed by atoms with Crippen LogP contribution in [-0.4, -0.2) is 10.8 Å². The maximum Gasteiger partial charge on any atom is 0.0646 e. The van der Waals surface area contributed by atoms with Gasteiger partial charge in [0.1, 0.15) is 0 Å². The Labute approximate surface area is 54.6 Å². The lowest BCUT2D eigenvalue weighted by Crippen LogP contribution is -2.01. The van der Waals surface area contributed by atoms with Crippen LogP contribution in [0.5, 0.6) is 0 Å². The molecule has 0 spiro atoms. The van der Waals surface area contributed by atoms with Crippen LogP contribution < -0.4 is 0 Å². The Kier molecular flexibility index (Phi) is 1.68. The molecule has 1 heterocycles. The van der Waals surface area contributed by atoms with Gasteiger partial charge in [0.15, 0.2) is 0 Å². The van der Waals surface area contributed by atoms with Crippen LogP contribution in [-0.2, 0) is 0 Å². The molecule has 48 valence electrons. The van der Waals surface area contributed by atoms with Crippen molar-refractivity contribution in [2.45, 2.75) is 13.0 Å². The normalized spacial score (nSPS) is 13.0. The number of rotatable bonds is 2. The number of nitrogens with one attached hydrogen (secondary N) is 1. The van der Waals surface area contributed by atoms with Crippen molar-refractivity contribution in [3.05, 3.63) is 24.5 Å². The predicted molar refractivity (Wildman–Crippen MR) is 37.9 cm³/mol. The van der Waals surface area contributed by atoms with Gasteiger partial charge in [0.05, 0.1) is 6.04 Å². The molecule has 0 aliphatic carbocycles. The second-order valence-electron chi connectivity index (χ2n) is 2.04. The molecule has 2 heteroatoms. The Bertz CT molecular complexity index is 177. The second kappa shape index (κ2) is 2.49. The van der Waals surface area contributed by atoms with Crippen LogP contribution >= 0.6 is 0 Å². The van der Waals surface area contributed by atoms with Gasteiger partial charge in [-0.25, -0.2) is 0 Å². The van der Waals surface area contributed by atoms with Crippen molar-refractivity contribution in [1.29, 1.82) is 5.41 Å². The van der Waals surface area contributed by atoms with Crippen molar-refractivity contribution in [3.8, 4) is 0 Å². The SMILES string of the molecule is C[C@H](C=N)n1cccc1. The van der Waals surface area contributed by atoms with Gasteiger partial charge in [-0.05, 0) is 19.1 Å². The van der Waals surface area contributed by atoms with Crippen molar-refractivity contribution in [1.82, 2.24) is 4.57 Å². The fourth-order valence-electron chi connectivity index (χ4n) is 0.705. The van der Waals surface area contributed by atoms with Crippen molar-refractivity contribution in [3.63, 3.8) is 0 Å². The molecule has 2 nitrogen and oxygen atoms in total. The molecular weight excluding hydrogens is 112 g/mol. The highest BCUT2D eigenvalue weighted by Gasteiger charge is 1.94. The molecule has 0 radical (unpaired) electrons. The van der Waals surface area contributed by atoms with Gasteiger partial charge >= 0.3 is 0 Å². The Balaban J connectivity index is 2.76. The van der Waals surface area contributed by atoms with Crippen molar-refractivity contribution >= 4 is 6.21 Å². The lowest BCUT2D eigenvalue weighted by Gasteiger charge is -2.04. The van der Waals surface area contributed by atoms with Crippen molar-refractivity contribution in [2.75, 3.05) is 0 Å². The highest BCUT2D eigenvalue weighted by atomic mass is 15.0. The van der Waals surface area contributed by atoms with E-state index in [0.717, 1.165) is 0 Å². The number of hydrogen-bond donors (Lipinski definition) is 1. The Morgan fingerprint density at radius 1 is 1.44 bits per heavy atom. The van der Waals surface area contributed by atoms with Crippen molar-refractivity contribution in [2.24, 2.45) is 0 Å². The summed E-state index contributed by atoms with van der Waals surface area (Å²) in [7, 11) is 0. The molecule has 0 saturated carbocycles. The van der Waals surface area contributed by atoms with Crippen LogP contribution in [0.25, 0.3) is 0 Å². The first-order valence-electron chi connectivity index (χ1n) is 2.97. The summed E-state index contributed by atoms with van der Waals surface area (Å²) in [6.07, 6.45) is 5.32. The van der Waals surface area contributed by atoms with Crippen LogP contribution in [0.3, 0.4) is 0 Å². The zero-order valence-corrected chi connectivity index (χ0v) is 5.41. The molecule has 1 aromatic heterocycles. The van der Waals surface area contributed by atoms with Gasteiger partial charge < -0.3 is 9.98 Å². The fraction of sp³-hybridized carbons (Fsp3) is 0.286. The number of aromatic nitrogens is 1. The topological polar surface area (TPSA) is 28.8 Å². The van der Waals surface area contributed by atoms with Crippen LogP contribution in [0.1, 0.15) is 13.0 Å². The molecule has 1 rings (SSSR count). The maximum atomic E-state index is 6.94. The summed E-state index contributed by atoms with van der Waals surface area (Å²) in [5.41, 5.74) is 0. The zero-order chi connectivity index (χ0) is 6.69. The van der Waals surface area contributed by atoms with Crippen LogP contribution in [0, 0.1) is 5.41 Å². The van der Waals surface area contributed by atoms with Crippen molar-refractivity contribution < 1.29 is 0 Å². The van der Waals surface area contributed by atoms with Gasteiger partial charge in [-0.3, -0.25) is 0 Å². The third kappa shape index (κ3) is 1.19. The molecule has 1 atom stereocenters. The van der Waals surface area contributed by atoms with Gasteiger partial charge in [-0.1, -0.05) is 0 Å². The minimum Gasteiger partial charge on any atom is -0.346 e. The summed E-state index contributed by atoms with van der Waals surface area (Å²) in [6.45, 7) is 1.98. The molecule has 0 unspecified atom stereocenters. The molecule has 0 fully saturated rings. The van der Waals surface area contributed by atoms with Gasteiger partial charge in [0.2, 0.25) is 0 Å².